The Morgan fingerprint density at radius 3 is 1.09 bits per heavy atom. The molecule has 1 aromatic rings. The summed E-state index contributed by atoms with van der Waals surface area (Å²) in [5.41, 5.74) is 7.11. The Morgan fingerprint density at radius 1 is 0.485 bits per heavy atom. The first-order chi connectivity index (χ1) is 32.6. The van der Waals surface area contributed by atoms with E-state index in [1.54, 1.807) is 103 Å². The fourth-order valence-electron chi connectivity index (χ4n) is 22.7. The first-order valence-electron chi connectivity index (χ1n) is 30.3. The molecule has 21 rings (SSSR count). The predicted molar refractivity (Wildman–Crippen MR) is 277 cm³/mol. The van der Waals surface area contributed by atoms with Crippen LogP contribution >= 0.6 is 0 Å². The summed E-state index contributed by atoms with van der Waals surface area (Å²) in [6.45, 7) is 9.90. The van der Waals surface area contributed by atoms with Crippen molar-refractivity contribution in [3.05, 3.63) is 12.2 Å². The molecule has 0 radical (unpaired) electrons. The van der Waals surface area contributed by atoms with Crippen LogP contribution in [0.4, 0.5) is 0 Å². The van der Waals surface area contributed by atoms with Crippen molar-refractivity contribution in [2.45, 2.75) is 264 Å². The van der Waals surface area contributed by atoms with Gasteiger partial charge in [-0.15, -0.1) is 0 Å². The Bertz CT molecular complexity index is 1770. The molecule has 19 aliphatic carbocycles. The van der Waals surface area contributed by atoms with E-state index in [-0.39, 0.29) is 5.41 Å². The van der Waals surface area contributed by atoms with Crippen molar-refractivity contribution < 1.29 is 4.74 Å². The van der Waals surface area contributed by atoms with E-state index in [0.717, 1.165) is 67.9 Å². The minimum Gasteiger partial charge on any atom is -0.484 e. The van der Waals surface area contributed by atoms with E-state index in [1.165, 1.54) is 154 Å². The number of aryl methyl sites for hydroxylation is 1. The molecule has 6 heteroatoms. The highest BCUT2D eigenvalue weighted by Gasteiger charge is 2.74. The van der Waals surface area contributed by atoms with E-state index < -0.39 is 0 Å². The number of methoxy groups -OCH3 is 1. The van der Waals surface area contributed by atoms with Gasteiger partial charge in [0.25, 0.3) is 0 Å². The zero-order valence-electron chi connectivity index (χ0n) is 44.8. The summed E-state index contributed by atoms with van der Waals surface area (Å²) in [5.74, 6) is 7.05. The van der Waals surface area contributed by atoms with E-state index in [9.17, 15) is 0 Å². The van der Waals surface area contributed by atoms with E-state index in [4.69, 9.17) is 10.1 Å². The summed E-state index contributed by atoms with van der Waals surface area (Å²) in [4.78, 5) is 4.46. The number of hydrogen-bond donors (Lipinski definition) is 2. The van der Waals surface area contributed by atoms with Gasteiger partial charge >= 0.3 is 0 Å². The number of hydrogen-bond acceptors (Lipinski definition) is 5. The highest BCUT2D eigenvalue weighted by molar-refractivity contribution is 5.83. The molecule has 2 heterocycles. The predicted octanol–water partition coefficient (Wildman–Crippen LogP) is 15.9. The van der Waals surface area contributed by atoms with E-state index in [0.29, 0.717) is 22.1 Å². The van der Waals surface area contributed by atoms with Crippen LogP contribution < -0.4 is 5.32 Å². The third kappa shape index (κ3) is 7.91. The van der Waals surface area contributed by atoms with E-state index in [2.05, 4.69) is 36.2 Å². The molecule has 6 nitrogen and oxygen atoms in total. The van der Waals surface area contributed by atoms with Gasteiger partial charge in [0.15, 0.2) is 11.7 Å². The Hall–Kier alpha value is -1.43. The Kier molecular flexibility index (Phi) is 11.9. The SMILES string of the molecule is CC12CC(C3CCCCC3)(C1)C2.CC12CC(C3CCCCC3)(C1)C2.CC12CC(C3CCCCC3)(C1)C2.COC(=N)C12CC(C3CCCCC3)(C1)C2.Cn1cnc(C23CC(C4CCNCC4)(C2)C3)n1. The van der Waals surface area contributed by atoms with Crippen LogP contribution in [0.2, 0.25) is 0 Å². The average molecular weight is 933 g/mol. The van der Waals surface area contributed by atoms with Crippen molar-refractivity contribution in [3.63, 3.8) is 0 Å². The summed E-state index contributed by atoms with van der Waals surface area (Å²) in [7, 11) is 3.61. The van der Waals surface area contributed by atoms with Crippen molar-refractivity contribution in [2.24, 2.45) is 85.4 Å². The van der Waals surface area contributed by atoms with Gasteiger partial charge in [0.1, 0.15) is 6.33 Å². The molecule has 1 aliphatic heterocycles. The minimum absolute atomic E-state index is 0.201. The van der Waals surface area contributed by atoms with Crippen molar-refractivity contribution in [3.8, 4) is 0 Å². The molecule has 0 spiro atoms. The molecule has 20 aliphatic rings. The van der Waals surface area contributed by atoms with Gasteiger partial charge < -0.3 is 10.1 Å². The maximum atomic E-state index is 7.81. The third-order valence-corrected chi connectivity index (χ3v) is 25.0. The fourth-order valence-corrected chi connectivity index (χ4v) is 22.7. The minimum atomic E-state index is 0.201. The zero-order valence-corrected chi connectivity index (χ0v) is 44.8. The van der Waals surface area contributed by atoms with Crippen LogP contribution in [-0.2, 0) is 17.2 Å². The van der Waals surface area contributed by atoms with Crippen molar-refractivity contribution in [1.29, 1.82) is 5.41 Å². The Morgan fingerprint density at radius 2 is 0.794 bits per heavy atom. The second-order valence-corrected chi connectivity index (χ2v) is 30.6. The molecular weight excluding hydrogens is 831 g/mol. The van der Waals surface area contributed by atoms with Gasteiger partial charge in [0.05, 0.1) is 7.11 Å². The lowest BCUT2D eigenvalue weighted by atomic mass is 9.31. The molecule has 20 fully saturated rings. The fraction of sp³-hybridized carbons (Fsp3) is 0.952. The second-order valence-electron chi connectivity index (χ2n) is 30.6. The van der Waals surface area contributed by atoms with Crippen molar-refractivity contribution in [2.75, 3.05) is 20.2 Å². The number of aromatic nitrogens is 3. The molecule has 0 amide bonds. The second kappa shape index (κ2) is 17.1. The monoisotopic (exact) mass is 932 g/mol. The van der Waals surface area contributed by atoms with Crippen LogP contribution in [-0.4, -0.2) is 40.9 Å². The zero-order chi connectivity index (χ0) is 46.7. The smallest absolute Gasteiger partial charge is 0.186 e. The number of piperidine rings is 1. The Balaban J connectivity index is 0.0000000889. The molecule has 10 bridgehead atoms. The Labute approximate surface area is 415 Å². The van der Waals surface area contributed by atoms with Gasteiger partial charge in [-0.2, -0.15) is 5.10 Å². The summed E-state index contributed by atoms with van der Waals surface area (Å²) < 4.78 is 6.95. The molecule has 2 N–H and O–H groups in total. The van der Waals surface area contributed by atoms with Gasteiger partial charge in [-0.1, -0.05) is 97.8 Å². The van der Waals surface area contributed by atoms with Gasteiger partial charge in [0, 0.05) is 17.9 Å². The number of rotatable bonds is 7. The van der Waals surface area contributed by atoms with Crippen LogP contribution in [0.1, 0.15) is 264 Å². The third-order valence-electron chi connectivity index (χ3n) is 25.0. The summed E-state index contributed by atoms with van der Waals surface area (Å²) >= 11 is 0. The number of ether oxygens (including phenoxy) is 1. The van der Waals surface area contributed by atoms with Crippen LogP contribution in [0.25, 0.3) is 0 Å². The summed E-state index contributed by atoms with van der Waals surface area (Å²) in [5, 5.41) is 15.8. The molecule has 380 valence electrons. The lowest BCUT2D eigenvalue weighted by Gasteiger charge is -2.73. The molecule has 68 heavy (non-hydrogen) atoms. The highest BCUT2D eigenvalue weighted by Crippen LogP contribution is 2.81. The average Bonchev–Trinajstić information content (AvgIpc) is 3.68. The van der Waals surface area contributed by atoms with Crippen LogP contribution in [0.5, 0.6) is 0 Å². The molecule has 0 aromatic carbocycles. The first kappa shape index (κ1) is 47.6. The van der Waals surface area contributed by atoms with Gasteiger partial charge in [-0.3, -0.25) is 10.1 Å². The molecule has 0 atom stereocenters. The largest absolute Gasteiger partial charge is 0.484 e. The van der Waals surface area contributed by atoms with Crippen molar-refractivity contribution in [1.82, 2.24) is 20.1 Å². The number of nitrogens with zero attached hydrogens (tertiary/aromatic N) is 3. The maximum absolute atomic E-state index is 7.81. The van der Waals surface area contributed by atoms with Crippen LogP contribution in [0.15, 0.2) is 6.33 Å². The molecule has 19 saturated carbocycles. The normalized spacial score (nSPS) is 47.8. The number of nitrogens with one attached hydrogen (secondary N) is 2. The maximum Gasteiger partial charge on any atom is 0.186 e. The van der Waals surface area contributed by atoms with Gasteiger partial charge in [-0.25, -0.2) is 4.98 Å². The lowest BCUT2D eigenvalue weighted by Crippen LogP contribution is -2.68. The summed E-state index contributed by atoms with van der Waals surface area (Å²) in [6, 6.07) is 0. The van der Waals surface area contributed by atoms with E-state index >= 15 is 0 Å². The molecule has 0 unspecified atom stereocenters. The quantitative estimate of drug-likeness (QED) is 0.211. The molecule has 1 aromatic heterocycles. The van der Waals surface area contributed by atoms with Gasteiger partial charge in [-0.05, 0) is 247 Å². The lowest BCUT2D eigenvalue weighted by molar-refractivity contribution is -0.230. The molecule has 1 saturated heterocycles. The molecular formula is C62H101N5O. The highest BCUT2D eigenvalue weighted by atomic mass is 16.5. The topological polar surface area (TPSA) is 75.8 Å². The van der Waals surface area contributed by atoms with Gasteiger partial charge in [0.2, 0.25) is 0 Å². The van der Waals surface area contributed by atoms with Crippen molar-refractivity contribution >= 4 is 5.90 Å². The first-order valence-corrected chi connectivity index (χ1v) is 30.3. The van der Waals surface area contributed by atoms with Crippen LogP contribution in [0, 0.1) is 83.7 Å². The summed E-state index contributed by atoms with van der Waals surface area (Å²) in [6.07, 6.45) is 57.1. The standard InChI is InChI=1S/C13H20N4.C13H21NO.3C12H20/c1-17-9-15-11(16-17)13-6-12(7-13,8-13)10-2-4-14-5-3-10;1-15-11(14)13-7-12(8-13,9-13)10-5-3-2-4-6-10;3*1-11-7-12(8-11,9-11)10-5-3-2-4-6-10/h9-10,14H,2-8H2,1H3;10,14H,2-9H2,1H3;3*10H,2-9H2,1H3. The van der Waals surface area contributed by atoms with E-state index in [1.807, 2.05) is 18.1 Å². The van der Waals surface area contributed by atoms with Crippen LogP contribution in [0.3, 0.4) is 0 Å².